The molecule has 0 saturated carbocycles. The van der Waals surface area contributed by atoms with E-state index in [0.717, 1.165) is 6.42 Å². The van der Waals surface area contributed by atoms with Gasteiger partial charge in [-0.3, -0.25) is 0 Å². The van der Waals surface area contributed by atoms with E-state index in [1.807, 2.05) is 0 Å². The van der Waals surface area contributed by atoms with Gasteiger partial charge in [-0.25, -0.2) is 0 Å². The van der Waals surface area contributed by atoms with Crippen molar-refractivity contribution in [3.05, 3.63) is 0 Å². The van der Waals surface area contributed by atoms with Crippen LogP contribution in [0.1, 0.15) is 20.3 Å². The first-order valence-electron chi connectivity index (χ1n) is 3.05. The normalized spacial score (nSPS) is 9.67. The molecule has 0 saturated heterocycles. The Kier molecular flexibility index (Phi) is 4.40. The van der Waals surface area contributed by atoms with Gasteiger partial charge in [0.1, 0.15) is 0 Å². The van der Waals surface area contributed by atoms with Crippen LogP contribution in [0.4, 0.5) is 0 Å². The van der Waals surface area contributed by atoms with Crippen LogP contribution in [0.2, 0.25) is 0 Å². The standard InChI is InChI=1S/C6H13NOS/c1-5(2)3-4-8-6(7)9/h5H,3-4H2,1-2H3,(H2,7,9). The van der Waals surface area contributed by atoms with Crippen molar-refractivity contribution in [1.29, 1.82) is 0 Å². The van der Waals surface area contributed by atoms with Crippen LogP contribution in [0, 0.1) is 5.92 Å². The lowest BCUT2D eigenvalue weighted by atomic mass is 10.1. The molecule has 0 fully saturated rings. The number of rotatable bonds is 3. The van der Waals surface area contributed by atoms with Gasteiger partial charge in [0.25, 0.3) is 5.17 Å². The van der Waals surface area contributed by atoms with Gasteiger partial charge < -0.3 is 10.5 Å². The largest absolute Gasteiger partial charge is 0.471 e. The zero-order valence-corrected chi connectivity index (χ0v) is 6.70. The van der Waals surface area contributed by atoms with Gasteiger partial charge in [-0.1, -0.05) is 13.8 Å². The van der Waals surface area contributed by atoms with E-state index in [-0.39, 0.29) is 5.17 Å². The molecule has 0 aliphatic heterocycles. The van der Waals surface area contributed by atoms with Crippen molar-refractivity contribution in [1.82, 2.24) is 0 Å². The minimum absolute atomic E-state index is 0.149. The summed E-state index contributed by atoms with van der Waals surface area (Å²) in [4.78, 5) is 0. The molecule has 9 heavy (non-hydrogen) atoms. The second kappa shape index (κ2) is 4.56. The third-order valence-electron chi connectivity index (χ3n) is 0.940. The summed E-state index contributed by atoms with van der Waals surface area (Å²) in [6.07, 6.45) is 1.01. The molecule has 0 unspecified atom stereocenters. The molecule has 0 spiro atoms. The van der Waals surface area contributed by atoms with E-state index < -0.39 is 0 Å². The predicted molar refractivity (Wildman–Crippen MR) is 42.2 cm³/mol. The first kappa shape index (κ1) is 8.69. The van der Waals surface area contributed by atoms with E-state index in [0.29, 0.717) is 12.5 Å². The second-order valence-electron chi connectivity index (χ2n) is 2.35. The summed E-state index contributed by atoms with van der Waals surface area (Å²) < 4.78 is 4.86. The van der Waals surface area contributed by atoms with Crippen LogP contribution < -0.4 is 5.73 Å². The third-order valence-corrected chi connectivity index (χ3v) is 1.06. The summed E-state index contributed by atoms with van der Waals surface area (Å²) in [5, 5.41) is 0.149. The van der Waals surface area contributed by atoms with Crippen molar-refractivity contribution < 1.29 is 4.74 Å². The molecule has 2 N–H and O–H groups in total. The predicted octanol–water partition coefficient (Wildman–Crippen LogP) is 1.29. The lowest BCUT2D eigenvalue weighted by Gasteiger charge is -2.04. The number of hydrogen-bond acceptors (Lipinski definition) is 2. The maximum atomic E-state index is 5.09. The van der Waals surface area contributed by atoms with Gasteiger partial charge in [-0.2, -0.15) is 0 Å². The highest BCUT2D eigenvalue weighted by Crippen LogP contribution is 1.98. The van der Waals surface area contributed by atoms with Gasteiger partial charge in [-0.05, 0) is 24.6 Å². The van der Waals surface area contributed by atoms with Gasteiger partial charge in [0.2, 0.25) is 0 Å². The molecule has 0 aliphatic rings. The molecule has 0 aromatic rings. The minimum atomic E-state index is 0.149. The molecule has 0 radical (unpaired) electrons. The monoisotopic (exact) mass is 147 g/mol. The van der Waals surface area contributed by atoms with Crippen molar-refractivity contribution in [3.8, 4) is 0 Å². The Labute approximate surface area is 61.4 Å². The Balaban J connectivity index is 3.01. The smallest absolute Gasteiger partial charge is 0.253 e. The molecule has 0 atom stereocenters. The Bertz CT molecular complexity index is 93.1. The van der Waals surface area contributed by atoms with E-state index in [2.05, 4.69) is 26.1 Å². The minimum Gasteiger partial charge on any atom is -0.471 e. The van der Waals surface area contributed by atoms with Crippen molar-refractivity contribution in [2.45, 2.75) is 20.3 Å². The molecule has 0 heterocycles. The van der Waals surface area contributed by atoms with Crippen LogP contribution in [-0.4, -0.2) is 11.8 Å². The van der Waals surface area contributed by atoms with Crippen molar-refractivity contribution in [2.75, 3.05) is 6.61 Å². The topological polar surface area (TPSA) is 35.2 Å². The van der Waals surface area contributed by atoms with Gasteiger partial charge >= 0.3 is 0 Å². The summed E-state index contributed by atoms with van der Waals surface area (Å²) in [5.74, 6) is 0.652. The fourth-order valence-electron chi connectivity index (χ4n) is 0.395. The number of ether oxygens (including phenoxy) is 1. The van der Waals surface area contributed by atoms with Crippen LogP contribution in [0.3, 0.4) is 0 Å². The third kappa shape index (κ3) is 7.69. The van der Waals surface area contributed by atoms with Gasteiger partial charge in [-0.15, -0.1) is 0 Å². The summed E-state index contributed by atoms with van der Waals surface area (Å²) in [6, 6.07) is 0. The molecule has 0 aromatic carbocycles. The summed E-state index contributed by atoms with van der Waals surface area (Å²) in [6.45, 7) is 4.90. The van der Waals surface area contributed by atoms with E-state index in [9.17, 15) is 0 Å². The van der Waals surface area contributed by atoms with Crippen LogP contribution in [0.15, 0.2) is 0 Å². The first-order valence-corrected chi connectivity index (χ1v) is 3.46. The van der Waals surface area contributed by atoms with Crippen molar-refractivity contribution in [3.63, 3.8) is 0 Å². The molecular weight excluding hydrogens is 134 g/mol. The molecular formula is C6H13NOS. The first-order chi connectivity index (χ1) is 4.13. The van der Waals surface area contributed by atoms with Crippen LogP contribution >= 0.6 is 12.2 Å². The summed E-state index contributed by atoms with van der Waals surface area (Å²) >= 11 is 4.50. The fourth-order valence-corrected chi connectivity index (χ4v) is 0.479. The summed E-state index contributed by atoms with van der Waals surface area (Å²) in [7, 11) is 0. The molecule has 2 nitrogen and oxygen atoms in total. The Morgan fingerprint density at radius 1 is 1.67 bits per heavy atom. The quantitative estimate of drug-likeness (QED) is 0.611. The van der Waals surface area contributed by atoms with Crippen LogP contribution in [0.25, 0.3) is 0 Å². The fraction of sp³-hybridized carbons (Fsp3) is 0.833. The van der Waals surface area contributed by atoms with Crippen molar-refractivity contribution >= 4 is 17.4 Å². The average Bonchev–Trinajstić information content (AvgIpc) is 1.63. The molecule has 0 aliphatic carbocycles. The Hall–Kier alpha value is -0.310. The van der Waals surface area contributed by atoms with Gasteiger partial charge in [0.15, 0.2) is 0 Å². The molecule has 0 aromatic heterocycles. The number of thiocarbonyl (C=S) groups is 1. The van der Waals surface area contributed by atoms with E-state index in [1.54, 1.807) is 0 Å². The SMILES string of the molecule is CC(C)CCOC(N)=S. The lowest BCUT2D eigenvalue weighted by Crippen LogP contribution is -2.14. The average molecular weight is 147 g/mol. The van der Waals surface area contributed by atoms with Gasteiger partial charge in [0, 0.05) is 0 Å². The maximum absolute atomic E-state index is 5.09. The highest BCUT2D eigenvalue weighted by Gasteiger charge is 1.93. The Morgan fingerprint density at radius 2 is 2.22 bits per heavy atom. The zero-order chi connectivity index (χ0) is 7.28. The van der Waals surface area contributed by atoms with E-state index in [1.165, 1.54) is 0 Å². The molecule has 0 rings (SSSR count). The second-order valence-corrected chi connectivity index (χ2v) is 2.75. The molecule has 3 heteroatoms. The lowest BCUT2D eigenvalue weighted by molar-refractivity contribution is 0.281. The molecule has 0 bridgehead atoms. The maximum Gasteiger partial charge on any atom is 0.253 e. The van der Waals surface area contributed by atoms with Gasteiger partial charge in [0.05, 0.1) is 6.61 Å². The Morgan fingerprint density at radius 3 is 2.56 bits per heavy atom. The number of hydrogen-bond donors (Lipinski definition) is 1. The van der Waals surface area contributed by atoms with E-state index >= 15 is 0 Å². The van der Waals surface area contributed by atoms with E-state index in [4.69, 9.17) is 10.5 Å². The van der Waals surface area contributed by atoms with Crippen molar-refractivity contribution in [2.24, 2.45) is 11.7 Å². The molecule has 0 amide bonds. The highest BCUT2D eigenvalue weighted by molar-refractivity contribution is 7.80. The zero-order valence-electron chi connectivity index (χ0n) is 5.89. The number of nitrogens with two attached hydrogens (primary N) is 1. The van der Waals surface area contributed by atoms with Crippen LogP contribution in [0.5, 0.6) is 0 Å². The highest BCUT2D eigenvalue weighted by atomic mass is 32.1. The molecule has 54 valence electrons. The summed E-state index contributed by atoms with van der Waals surface area (Å²) in [5.41, 5.74) is 5.09. The van der Waals surface area contributed by atoms with Crippen LogP contribution in [-0.2, 0) is 4.74 Å².